The summed E-state index contributed by atoms with van der Waals surface area (Å²) < 4.78 is 0. The average molecular weight is 256 g/mol. The zero-order valence-electron chi connectivity index (χ0n) is 11.2. The molecule has 0 aromatic carbocycles. The van der Waals surface area contributed by atoms with Crippen molar-refractivity contribution in [2.75, 3.05) is 13.1 Å². The largest absolute Gasteiger partial charge is 0.481 e. The van der Waals surface area contributed by atoms with Crippen molar-refractivity contribution < 1.29 is 14.7 Å². The van der Waals surface area contributed by atoms with Crippen LogP contribution in [-0.2, 0) is 9.59 Å². The minimum Gasteiger partial charge on any atom is -0.481 e. The smallest absolute Gasteiger partial charge is 0.306 e. The third-order valence-electron chi connectivity index (χ3n) is 4.28. The fourth-order valence-electron chi connectivity index (χ4n) is 2.44. The zero-order chi connectivity index (χ0) is 13.8. The van der Waals surface area contributed by atoms with Gasteiger partial charge in [-0.3, -0.25) is 9.59 Å². The van der Waals surface area contributed by atoms with Crippen molar-refractivity contribution in [3.8, 4) is 0 Å². The van der Waals surface area contributed by atoms with Crippen molar-refractivity contribution in [3.05, 3.63) is 0 Å². The van der Waals surface area contributed by atoms with E-state index in [0.717, 1.165) is 19.3 Å². The van der Waals surface area contributed by atoms with Crippen LogP contribution in [0.2, 0.25) is 0 Å². The van der Waals surface area contributed by atoms with Crippen LogP contribution in [-0.4, -0.2) is 30.1 Å². The Bertz CT molecular complexity index is 313. The summed E-state index contributed by atoms with van der Waals surface area (Å²) in [7, 11) is 0. The van der Waals surface area contributed by atoms with Gasteiger partial charge in [0.05, 0.1) is 11.3 Å². The van der Waals surface area contributed by atoms with E-state index >= 15 is 0 Å². The van der Waals surface area contributed by atoms with Gasteiger partial charge in [0.15, 0.2) is 0 Å². The average Bonchev–Trinajstić information content (AvgIpc) is 2.83. The molecule has 0 saturated heterocycles. The van der Waals surface area contributed by atoms with Gasteiger partial charge in [-0.25, -0.2) is 0 Å². The number of carbonyl (C=O) groups is 2. The number of nitrogens with one attached hydrogen (secondary N) is 1. The molecule has 5 nitrogen and oxygen atoms in total. The maximum Gasteiger partial charge on any atom is 0.306 e. The van der Waals surface area contributed by atoms with Crippen LogP contribution in [0.5, 0.6) is 0 Å². The van der Waals surface area contributed by atoms with Crippen LogP contribution >= 0.6 is 0 Å². The van der Waals surface area contributed by atoms with Crippen LogP contribution < -0.4 is 11.1 Å². The van der Waals surface area contributed by atoms with E-state index in [2.05, 4.69) is 5.32 Å². The molecular weight excluding hydrogens is 232 g/mol. The van der Waals surface area contributed by atoms with Crippen molar-refractivity contribution in [2.24, 2.45) is 23.0 Å². The van der Waals surface area contributed by atoms with Crippen molar-refractivity contribution in [2.45, 2.75) is 39.5 Å². The van der Waals surface area contributed by atoms with Gasteiger partial charge in [-0.2, -0.15) is 0 Å². The first-order valence-electron chi connectivity index (χ1n) is 6.65. The highest BCUT2D eigenvalue weighted by atomic mass is 16.4. The molecule has 1 aliphatic rings. The van der Waals surface area contributed by atoms with Gasteiger partial charge in [0, 0.05) is 13.1 Å². The number of aliphatic carboxylic acids is 1. The maximum atomic E-state index is 12.0. The molecule has 4 N–H and O–H groups in total. The van der Waals surface area contributed by atoms with Gasteiger partial charge >= 0.3 is 5.97 Å². The highest BCUT2D eigenvalue weighted by Gasteiger charge is 2.35. The second-order valence-corrected chi connectivity index (χ2v) is 5.46. The van der Waals surface area contributed by atoms with Crippen molar-refractivity contribution in [1.29, 1.82) is 0 Å². The molecule has 0 aliphatic heterocycles. The summed E-state index contributed by atoms with van der Waals surface area (Å²) in [6, 6.07) is 0. The zero-order valence-corrected chi connectivity index (χ0v) is 11.2. The lowest BCUT2D eigenvalue weighted by atomic mass is 9.86. The Morgan fingerprint density at radius 3 is 2.61 bits per heavy atom. The maximum absolute atomic E-state index is 12.0. The van der Waals surface area contributed by atoms with E-state index in [9.17, 15) is 9.59 Å². The molecule has 104 valence electrons. The van der Waals surface area contributed by atoms with Crippen LogP contribution in [0.3, 0.4) is 0 Å². The molecule has 0 radical (unpaired) electrons. The summed E-state index contributed by atoms with van der Waals surface area (Å²) in [4.78, 5) is 23.1. The van der Waals surface area contributed by atoms with Gasteiger partial charge in [0.1, 0.15) is 0 Å². The van der Waals surface area contributed by atoms with Gasteiger partial charge in [-0.05, 0) is 32.1 Å². The predicted molar refractivity (Wildman–Crippen MR) is 68.9 cm³/mol. The Labute approximate surface area is 108 Å². The molecule has 1 fully saturated rings. The van der Waals surface area contributed by atoms with E-state index in [1.54, 1.807) is 0 Å². The molecule has 0 aromatic heterocycles. The molecular formula is C13H24N2O3. The number of carboxylic acid groups (broad SMARTS) is 1. The van der Waals surface area contributed by atoms with E-state index in [1.807, 2.05) is 13.8 Å². The van der Waals surface area contributed by atoms with Crippen LogP contribution in [0.25, 0.3) is 0 Å². The molecule has 3 unspecified atom stereocenters. The summed E-state index contributed by atoms with van der Waals surface area (Å²) in [5, 5.41) is 11.9. The van der Waals surface area contributed by atoms with Crippen LogP contribution in [0.1, 0.15) is 39.5 Å². The Hall–Kier alpha value is -1.10. The molecule has 0 spiro atoms. The van der Waals surface area contributed by atoms with E-state index in [1.165, 1.54) is 0 Å². The second-order valence-electron chi connectivity index (χ2n) is 5.46. The Balaban J connectivity index is 2.50. The number of carbonyl (C=O) groups excluding carboxylic acids is 1. The lowest BCUT2D eigenvalue weighted by Crippen LogP contribution is -2.45. The molecule has 5 heteroatoms. The Morgan fingerprint density at radius 2 is 2.11 bits per heavy atom. The lowest BCUT2D eigenvalue weighted by molar-refractivity contribution is -0.143. The van der Waals surface area contributed by atoms with Crippen molar-refractivity contribution in [3.63, 3.8) is 0 Å². The molecule has 0 aromatic rings. The molecule has 3 atom stereocenters. The molecule has 0 heterocycles. The monoisotopic (exact) mass is 256 g/mol. The normalized spacial score (nSPS) is 26.6. The number of amides is 1. The van der Waals surface area contributed by atoms with Gasteiger partial charge in [-0.15, -0.1) is 0 Å². The number of nitrogens with two attached hydrogens (primary N) is 1. The number of carboxylic acids is 1. The van der Waals surface area contributed by atoms with Crippen LogP contribution in [0.15, 0.2) is 0 Å². The fraction of sp³-hybridized carbons (Fsp3) is 0.846. The quantitative estimate of drug-likeness (QED) is 0.660. The number of hydrogen-bond donors (Lipinski definition) is 3. The van der Waals surface area contributed by atoms with E-state index < -0.39 is 11.4 Å². The van der Waals surface area contributed by atoms with E-state index in [-0.39, 0.29) is 17.7 Å². The summed E-state index contributed by atoms with van der Waals surface area (Å²) >= 11 is 0. The molecule has 0 bridgehead atoms. The molecule has 18 heavy (non-hydrogen) atoms. The minimum absolute atomic E-state index is 0.0605. The second kappa shape index (κ2) is 6.18. The van der Waals surface area contributed by atoms with Crippen LogP contribution in [0, 0.1) is 17.3 Å². The van der Waals surface area contributed by atoms with Gasteiger partial charge in [0.25, 0.3) is 0 Å². The Morgan fingerprint density at radius 1 is 1.44 bits per heavy atom. The third-order valence-corrected chi connectivity index (χ3v) is 4.28. The molecule has 1 aliphatic carbocycles. The summed E-state index contributed by atoms with van der Waals surface area (Å²) in [5.74, 6) is -1.06. The molecule has 1 saturated carbocycles. The number of hydrogen-bond acceptors (Lipinski definition) is 3. The number of rotatable bonds is 6. The molecule has 1 rings (SSSR count). The first kappa shape index (κ1) is 15.0. The lowest BCUT2D eigenvalue weighted by Gasteiger charge is -2.26. The summed E-state index contributed by atoms with van der Waals surface area (Å²) in [6.07, 6.45) is 3.21. The highest BCUT2D eigenvalue weighted by molar-refractivity contribution is 5.82. The van der Waals surface area contributed by atoms with E-state index in [0.29, 0.717) is 19.5 Å². The first-order valence-corrected chi connectivity index (χ1v) is 6.65. The van der Waals surface area contributed by atoms with Crippen molar-refractivity contribution >= 4 is 11.9 Å². The Kier molecular flexibility index (Phi) is 5.14. The first-order chi connectivity index (χ1) is 8.44. The third kappa shape index (κ3) is 3.22. The summed E-state index contributed by atoms with van der Waals surface area (Å²) in [6.45, 7) is 4.53. The van der Waals surface area contributed by atoms with Gasteiger partial charge in [-0.1, -0.05) is 13.3 Å². The van der Waals surface area contributed by atoms with Gasteiger partial charge < -0.3 is 16.2 Å². The topological polar surface area (TPSA) is 92.4 Å². The fourth-order valence-corrected chi connectivity index (χ4v) is 2.44. The summed E-state index contributed by atoms with van der Waals surface area (Å²) in [5.41, 5.74) is 5.08. The highest BCUT2D eigenvalue weighted by Crippen LogP contribution is 2.31. The van der Waals surface area contributed by atoms with Crippen molar-refractivity contribution in [1.82, 2.24) is 5.32 Å². The standard InChI is InChI=1S/C13H24N2O3/c1-3-13(2,8-14)12(18)15-7-9-5-4-6-10(9)11(16)17/h9-10H,3-8,14H2,1-2H3,(H,15,18)(H,16,17). The van der Waals surface area contributed by atoms with E-state index in [4.69, 9.17) is 10.8 Å². The van der Waals surface area contributed by atoms with Crippen LogP contribution in [0.4, 0.5) is 0 Å². The molecule has 1 amide bonds. The predicted octanol–water partition coefficient (Wildman–Crippen LogP) is 0.979. The minimum atomic E-state index is -0.746. The van der Waals surface area contributed by atoms with Gasteiger partial charge in [0.2, 0.25) is 5.91 Å². The SMILES string of the molecule is CCC(C)(CN)C(=O)NCC1CCCC1C(=O)O.